The molecule has 0 bridgehead atoms. The third-order valence-corrected chi connectivity index (χ3v) is 3.84. The SMILES string of the molecule is [2H]C([2H])([2H])C([2H])([2H])[C@H]1CNC[C@H]1Nc1c(C(N)=O)cnn2cc(Br)nc12. The zero-order valence-corrected chi connectivity index (χ0v) is 12.5. The number of halogens is 1. The van der Waals surface area contributed by atoms with E-state index in [2.05, 4.69) is 36.6 Å². The molecule has 1 aliphatic rings. The smallest absolute Gasteiger partial charge is 0.252 e. The number of nitrogens with zero attached hydrogens (tertiary/aromatic N) is 3. The number of carbonyl (C=O) groups excluding carboxylic acids is 1. The van der Waals surface area contributed by atoms with Gasteiger partial charge in [-0.25, -0.2) is 9.50 Å². The second-order valence-electron chi connectivity index (χ2n) is 4.79. The van der Waals surface area contributed by atoms with Crippen LogP contribution in [0.2, 0.25) is 0 Å². The number of rotatable bonds is 4. The molecule has 0 aliphatic carbocycles. The van der Waals surface area contributed by atoms with Gasteiger partial charge in [-0.05, 0) is 21.8 Å². The molecule has 8 heteroatoms. The van der Waals surface area contributed by atoms with E-state index in [0.717, 1.165) is 0 Å². The van der Waals surface area contributed by atoms with Gasteiger partial charge in [0, 0.05) is 26.0 Å². The average molecular weight is 358 g/mol. The summed E-state index contributed by atoms with van der Waals surface area (Å²) >= 11 is 3.24. The fourth-order valence-electron chi connectivity index (χ4n) is 2.40. The van der Waals surface area contributed by atoms with Crippen LogP contribution in [0.15, 0.2) is 17.0 Å². The van der Waals surface area contributed by atoms with E-state index in [0.29, 0.717) is 22.5 Å². The van der Waals surface area contributed by atoms with Gasteiger partial charge in [0.2, 0.25) is 0 Å². The van der Waals surface area contributed by atoms with Crippen LogP contribution in [0.1, 0.15) is 30.4 Å². The van der Waals surface area contributed by atoms with Gasteiger partial charge in [0.15, 0.2) is 5.65 Å². The Hall–Kier alpha value is -1.67. The standard InChI is InChI=1S/C13H17BrN6O/c1-2-7-3-16-5-9(7)18-11-8(12(15)21)4-17-20-6-10(14)19-13(11)20/h4,6-7,9,16,18H,2-3,5H2,1H3,(H2,15,21)/t7-,9+/m0/s1/i1D3,2D2. The van der Waals surface area contributed by atoms with E-state index in [9.17, 15) is 4.79 Å². The lowest BCUT2D eigenvalue weighted by Gasteiger charge is -2.21. The monoisotopic (exact) mass is 357 g/mol. The molecule has 4 N–H and O–H groups in total. The molecule has 2 aromatic rings. The molecule has 3 heterocycles. The lowest BCUT2D eigenvalue weighted by Crippen LogP contribution is -2.30. The molecule has 0 saturated carbocycles. The van der Waals surface area contributed by atoms with E-state index in [-0.39, 0.29) is 12.1 Å². The van der Waals surface area contributed by atoms with Crippen molar-refractivity contribution < 1.29 is 11.6 Å². The molecular formula is C13H17BrN6O. The number of nitrogens with two attached hydrogens (primary N) is 1. The highest BCUT2D eigenvalue weighted by atomic mass is 79.9. The average Bonchev–Trinajstić information content (AvgIpc) is 3.11. The highest BCUT2D eigenvalue weighted by Crippen LogP contribution is 2.26. The van der Waals surface area contributed by atoms with Gasteiger partial charge in [0.1, 0.15) is 4.60 Å². The maximum Gasteiger partial charge on any atom is 0.252 e. The molecule has 1 amide bonds. The Morgan fingerprint density at radius 1 is 1.76 bits per heavy atom. The fraction of sp³-hybridized carbons (Fsp3) is 0.462. The summed E-state index contributed by atoms with van der Waals surface area (Å²) in [4.78, 5) is 16.1. The van der Waals surface area contributed by atoms with E-state index in [1.807, 2.05) is 0 Å². The van der Waals surface area contributed by atoms with E-state index >= 15 is 0 Å². The second kappa shape index (κ2) is 5.61. The highest BCUT2D eigenvalue weighted by molar-refractivity contribution is 9.10. The summed E-state index contributed by atoms with van der Waals surface area (Å²) in [5.74, 6) is -1.56. The van der Waals surface area contributed by atoms with E-state index in [1.54, 1.807) is 6.20 Å². The van der Waals surface area contributed by atoms with Gasteiger partial charge in [-0.15, -0.1) is 0 Å². The fourth-order valence-corrected chi connectivity index (χ4v) is 2.77. The summed E-state index contributed by atoms with van der Waals surface area (Å²) in [6, 6.07) is -0.579. The molecule has 112 valence electrons. The van der Waals surface area contributed by atoms with E-state index < -0.39 is 31.1 Å². The van der Waals surface area contributed by atoms with Crippen LogP contribution in [-0.4, -0.2) is 39.6 Å². The van der Waals surface area contributed by atoms with Crippen molar-refractivity contribution in [2.75, 3.05) is 18.4 Å². The van der Waals surface area contributed by atoms with Crippen LogP contribution in [0.25, 0.3) is 5.65 Å². The minimum Gasteiger partial charge on any atom is -0.377 e. The summed E-state index contributed by atoms with van der Waals surface area (Å²) in [6.07, 6.45) is 0.472. The predicted molar refractivity (Wildman–Crippen MR) is 83.3 cm³/mol. The molecule has 1 aliphatic heterocycles. The number of amides is 1. The Bertz CT molecular complexity index is 853. The van der Waals surface area contributed by atoms with Crippen LogP contribution in [0.3, 0.4) is 0 Å². The third kappa shape index (κ3) is 2.60. The highest BCUT2D eigenvalue weighted by Gasteiger charge is 2.27. The van der Waals surface area contributed by atoms with Crippen molar-refractivity contribution >= 4 is 33.2 Å². The number of primary amides is 1. The summed E-state index contributed by atoms with van der Waals surface area (Å²) in [7, 11) is 0. The van der Waals surface area contributed by atoms with Crippen LogP contribution in [0.4, 0.5) is 5.69 Å². The topological polar surface area (TPSA) is 97.3 Å². The van der Waals surface area contributed by atoms with Crippen LogP contribution in [0, 0.1) is 5.92 Å². The Balaban J connectivity index is 2.02. The summed E-state index contributed by atoms with van der Waals surface area (Å²) in [5.41, 5.74) is 6.14. The van der Waals surface area contributed by atoms with Crippen molar-refractivity contribution in [2.45, 2.75) is 19.3 Å². The summed E-state index contributed by atoms with van der Waals surface area (Å²) < 4.78 is 40.6. The summed E-state index contributed by atoms with van der Waals surface area (Å²) in [6.45, 7) is -2.26. The minimum atomic E-state index is -2.78. The van der Waals surface area contributed by atoms with Gasteiger partial charge in [0.25, 0.3) is 5.91 Å². The number of fused-ring (bicyclic) bond motifs is 1. The molecule has 7 nitrogen and oxygen atoms in total. The second-order valence-corrected chi connectivity index (χ2v) is 5.60. The minimum absolute atomic E-state index is 0.0932. The first-order valence-electron chi connectivity index (χ1n) is 8.83. The summed E-state index contributed by atoms with van der Waals surface area (Å²) in [5, 5.41) is 10.1. The molecular weight excluding hydrogens is 336 g/mol. The zero-order chi connectivity index (χ0) is 19.3. The number of aromatic nitrogens is 3. The first-order chi connectivity index (χ1) is 12.0. The van der Waals surface area contributed by atoms with Crippen molar-refractivity contribution in [3.63, 3.8) is 0 Å². The first kappa shape index (κ1) is 9.37. The number of hydrogen-bond acceptors (Lipinski definition) is 5. The van der Waals surface area contributed by atoms with Crippen molar-refractivity contribution in [1.29, 1.82) is 0 Å². The van der Waals surface area contributed by atoms with Gasteiger partial charge in [-0.1, -0.05) is 13.2 Å². The maximum absolute atomic E-state index is 11.8. The Morgan fingerprint density at radius 2 is 2.62 bits per heavy atom. The quantitative estimate of drug-likeness (QED) is 0.758. The van der Waals surface area contributed by atoms with Crippen LogP contribution in [-0.2, 0) is 0 Å². The Labute approximate surface area is 137 Å². The van der Waals surface area contributed by atoms with Gasteiger partial charge in [-0.2, -0.15) is 5.10 Å². The first-order valence-corrected chi connectivity index (χ1v) is 7.12. The molecule has 0 spiro atoms. The van der Waals surface area contributed by atoms with Crippen molar-refractivity contribution in [3.05, 3.63) is 22.6 Å². The van der Waals surface area contributed by atoms with Gasteiger partial charge < -0.3 is 16.4 Å². The molecule has 3 rings (SSSR count). The normalized spacial score (nSPS) is 26.6. The molecule has 2 atom stereocenters. The predicted octanol–water partition coefficient (Wildman–Crippen LogP) is 1.00. The third-order valence-electron chi connectivity index (χ3n) is 3.46. The number of carbonyl (C=O) groups is 1. The number of hydrogen-bond donors (Lipinski definition) is 3. The molecule has 0 aromatic carbocycles. The largest absolute Gasteiger partial charge is 0.377 e. The molecule has 0 unspecified atom stereocenters. The Kier molecular flexibility index (Phi) is 2.50. The van der Waals surface area contributed by atoms with E-state index in [1.165, 1.54) is 10.7 Å². The zero-order valence-electron chi connectivity index (χ0n) is 15.9. The van der Waals surface area contributed by atoms with Gasteiger partial charge >= 0.3 is 0 Å². The van der Waals surface area contributed by atoms with Gasteiger partial charge in [0.05, 0.1) is 23.6 Å². The van der Waals surface area contributed by atoms with Crippen molar-refractivity contribution in [1.82, 2.24) is 19.9 Å². The molecule has 2 aromatic heterocycles. The lowest BCUT2D eigenvalue weighted by atomic mass is 10.0. The molecule has 21 heavy (non-hydrogen) atoms. The number of anilines is 1. The van der Waals surface area contributed by atoms with Crippen LogP contribution < -0.4 is 16.4 Å². The van der Waals surface area contributed by atoms with E-state index in [4.69, 9.17) is 12.6 Å². The van der Waals surface area contributed by atoms with Crippen LogP contribution >= 0.6 is 15.9 Å². The maximum atomic E-state index is 11.8. The van der Waals surface area contributed by atoms with Crippen molar-refractivity contribution in [3.8, 4) is 0 Å². The Morgan fingerprint density at radius 3 is 3.38 bits per heavy atom. The lowest BCUT2D eigenvalue weighted by molar-refractivity contribution is 0.100. The van der Waals surface area contributed by atoms with Gasteiger partial charge in [-0.3, -0.25) is 4.79 Å². The molecule has 1 fully saturated rings. The number of nitrogens with one attached hydrogen (secondary N) is 2. The van der Waals surface area contributed by atoms with Crippen LogP contribution in [0.5, 0.6) is 0 Å². The molecule has 1 saturated heterocycles. The molecule has 0 radical (unpaired) electrons. The van der Waals surface area contributed by atoms with Crippen molar-refractivity contribution in [2.24, 2.45) is 11.7 Å². The number of imidazole rings is 1.